The Morgan fingerprint density at radius 2 is 1.93 bits per heavy atom. The average molecular weight is 370 g/mol. The fraction of sp³-hybridized carbons (Fsp3) is 0.238. The van der Waals surface area contributed by atoms with Crippen LogP contribution in [0.25, 0.3) is 10.9 Å². The third-order valence-electron chi connectivity index (χ3n) is 4.33. The standard InChI is InChI=1S/C21H20F2N2O2/c1-13(8-9-14-6-4-3-5-7-14)24-21(26)18-12-19(27-2)16-10-15(22)11-17(23)20(16)25-18/h3-7,10-13H,8-9H2,1-2H3,(H,24,26)/t13-/m0/s1. The number of rotatable bonds is 6. The predicted molar refractivity (Wildman–Crippen MR) is 99.9 cm³/mol. The number of amides is 1. The molecule has 0 aliphatic heterocycles. The second-order valence-corrected chi connectivity index (χ2v) is 6.39. The minimum Gasteiger partial charge on any atom is -0.496 e. The van der Waals surface area contributed by atoms with E-state index in [-0.39, 0.29) is 28.4 Å². The number of aryl methyl sites for hydroxylation is 1. The number of hydrogen-bond donors (Lipinski definition) is 1. The van der Waals surface area contributed by atoms with E-state index in [9.17, 15) is 13.6 Å². The van der Waals surface area contributed by atoms with Crippen LogP contribution in [0.4, 0.5) is 8.78 Å². The number of halogens is 2. The van der Waals surface area contributed by atoms with Gasteiger partial charge in [-0.2, -0.15) is 0 Å². The van der Waals surface area contributed by atoms with Crippen molar-refractivity contribution in [2.24, 2.45) is 0 Å². The highest BCUT2D eigenvalue weighted by atomic mass is 19.1. The maximum atomic E-state index is 14.1. The molecule has 0 spiro atoms. The normalized spacial score (nSPS) is 12.0. The number of pyridine rings is 1. The maximum Gasteiger partial charge on any atom is 0.270 e. The molecule has 6 heteroatoms. The SMILES string of the molecule is COc1cc(C(=O)N[C@@H](C)CCc2ccccc2)nc2c(F)cc(F)cc12. The molecule has 0 bridgehead atoms. The molecule has 1 N–H and O–H groups in total. The molecule has 1 amide bonds. The summed E-state index contributed by atoms with van der Waals surface area (Å²) in [7, 11) is 1.38. The van der Waals surface area contributed by atoms with Crippen LogP contribution in [0.5, 0.6) is 5.75 Å². The van der Waals surface area contributed by atoms with E-state index in [1.165, 1.54) is 18.7 Å². The quantitative estimate of drug-likeness (QED) is 0.705. The molecule has 0 unspecified atom stereocenters. The van der Waals surface area contributed by atoms with E-state index in [1.54, 1.807) is 0 Å². The predicted octanol–water partition coefficient (Wildman–Crippen LogP) is 4.27. The van der Waals surface area contributed by atoms with Crippen molar-refractivity contribution in [3.63, 3.8) is 0 Å². The molecular formula is C21H20F2N2O2. The zero-order valence-electron chi connectivity index (χ0n) is 15.1. The van der Waals surface area contributed by atoms with Crippen molar-refractivity contribution in [3.8, 4) is 5.75 Å². The Morgan fingerprint density at radius 1 is 1.19 bits per heavy atom. The summed E-state index contributed by atoms with van der Waals surface area (Å²) >= 11 is 0. The molecule has 1 aromatic heterocycles. The van der Waals surface area contributed by atoms with Gasteiger partial charge in [-0.3, -0.25) is 4.79 Å². The minimum absolute atomic E-state index is 0.0245. The van der Waals surface area contributed by atoms with E-state index in [0.717, 1.165) is 25.0 Å². The van der Waals surface area contributed by atoms with E-state index in [1.807, 2.05) is 37.3 Å². The van der Waals surface area contributed by atoms with E-state index in [2.05, 4.69) is 10.3 Å². The zero-order chi connectivity index (χ0) is 19.4. The summed E-state index contributed by atoms with van der Waals surface area (Å²) in [6, 6.07) is 13.1. The number of nitrogens with one attached hydrogen (secondary N) is 1. The van der Waals surface area contributed by atoms with Crippen molar-refractivity contribution < 1.29 is 18.3 Å². The fourth-order valence-electron chi connectivity index (χ4n) is 2.91. The lowest BCUT2D eigenvalue weighted by Gasteiger charge is -2.15. The molecule has 27 heavy (non-hydrogen) atoms. The van der Waals surface area contributed by atoms with Gasteiger partial charge in [0.15, 0.2) is 5.82 Å². The molecule has 0 saturated heterocycles. The van der Waals surface area contributed by atoms with Crippen molar-refractivity contribution in [3.05, 3.63) is 71.4 Å². The summed E-state index contributed by atoms with van der Waals surface area (Å²) in [5, 5.41) is 3.04. The number of carbonyl (C=O) groups excluding carboxylic acids is 1. The molecule has 4 nitrogen and oxygen atoms in total. The summed E-state index contributed by atoms with van der Waals surface area (Å²) in [4.78, 5) is 16.6. The van der Waals surface area contributed by atoms with Crippen LogP contribution in [0, 0.1) is 11.6 Å². The number of hydrogen-bond acceptors (Lipinski definition) is 3. The van der Waals surface area contributed by atoms with Crippen LogP contribution in [0.2, 0.25) is 0 Å². The van der Waals surface area contributed by atoms with Gasteiger partial charge in [0.05, 0.1) is 7.11 Å². The van der Waals surface area contributed by atoms with Gasteiger partial charge >= 0.3 is 0 Å². The zero-order valence-corrected chi connectivity index (χ0v) is 15.1. The first-order valence-electron chi connectivity index (χ1n) is 8.66. The number of aromatic nitrogens is 1. The fourth-order valence-corrected chi connectivity index (χ4v) is 2.91. The summed E-state index contributed by atoms with van der Waals surface area (Å²) < 4.78 is 32.7. The van der Waals surface area contributed by atoms with Gasteiger partial charge in [0, 0.05) is 23.6 Å². The third-order valence-corrected chi connectivity index (χ3v) is 4.33. The van der Waals surface area contributed by atoms with Crippen molar-refractivity contribution in [2.75, 3.05) is 7.11 Å². The van der Waals surface area contributed by atoms with Gasteiger partial charge in [0.1, 0.15) is 22.8 Å². The Kier molecular flexibility index (Phi) is 5.64. The molecule has 2 aromatic carbocycles. The maximum absolute atomic E-state index is 14.1. The summed E-state index contributed by atoms with van der Waals surface area (Å²) in [6.45, 7) is 1.90. The van der Waals surface area contributed by atoms with Crippen molar-refractivity contribution in [1.82, 2.24) is 10.3 Å². The Bertz CT molecular complexity index is 961. The lowest BCUT2D eigenvalue weighted by molar-refractivity contribution is 0.0933. The molecule has 3 aromatic rings. The first-order valence-corrected chi connectivity index (χ1v) is 8.66. The topological polar surface area (TPSA) is 51.2 Å². The van der Waals surface area contributed by atoms with E-state index in [4.69, 9.17) is 4.74 Å². The number of ether oxygens (including phenoxy) is 1. The number of methoxy groups -OCH3 is 1. The van der Waals surface area contributed by atoms with Crippen LogP contribution in [0.3, 0.4) is 0 Å². The van der Waals surface area contributed by atoms with Gasteiger partial charge in [-0.05, 0) is 31.4 Å². The minimum atomic E-state index is -0.838. The van der Waals surface area contributed by atoms with Crippen LogP contribution in [-0.2, 0) is 6.42 Å². The number of fused-ring (bicyclic) bond motifs is 1. The van der Waals surface area contributed by atoms with E-state index in [0.29, 0.717) is 0 Å². The van der Waals surface area contributed by atoms with Gasteiger partial charge in [-0.15, -0.1) is 0 Å². The number of carbonyl (C=O) groups is 1. The summed E-state index contributed by atoms with van der Waals surface area (Å²) in [5.41, 5.74) is 1.11. The first-order chi connectivity index (χ1) is 13.0. The van der Waals surface area contributed by atoms with Crippen LogP contribution in [0.1, 0.15) is 29.4 Å². The summed E-state index contributed by atoms with van der Waals surface area (Å²) in [5.74, 6) is -1.80. The van der Waals surface area contributed by atoms with Crippen molar-refractivity contribution >= 4 is 16.8 Å². The van der Waals surface area contributed by atoms with Gasteiger partial charge in [0.2, 0.25) is 0 Å². The van der Waals surface area contributed by atoms with Crippen molar-refractivity contribution in [2.45, 2.75) is 25.8 Å². The number of benzene rings is 2. The lowest BCUT2D eigenvalue weighted by atomic mass is 10.1. The van der Waals surface area contributed by atoms with E-state index < -0.39 is 17.5 Å². The van der Waals surface area contributed by atoms with Crippen LogP contribution in [0.15, 0.2) is 48.5 Å². The molecule has 0 fully saturated rings. The van der Waals surface area contributed by atoms with Gasteiger partial charge < -0.3 is 10.1 Å². The van der Waals surface area contributed by atoms with Crippen molar-refractivity contribution in [1.29, 1.82) is 0 Å². The number of nitrogens with zero attached hydrogens (tertiary/aromatic N) is 1. The monoisotopic (exact) mass is 370 g/mol. The van der Waals surface area contributed by atoms with Crippen LogP contribution >= 0.6 is 0 Å². The molecule has 3 rings (SSSR count). The molecule has 0 aliphatic carbocycles. The Hall–Kier alpha value is -3.02. The molecule has 140 valence electrons. The smallest absolute Gasteiger partial charge is 0.270 e. The molecular weight excluding hydrogens is 350 g/mol. The molecule has 1 heterocycles. The van der Waals surface area contributed by atoms with Crippen LogP contribution in [-0.4, -0.2) is 24.0 Å². The van der Waals surface area contributed by atoms with E-state index >= 15 is 0 Å². The molecule has 0 saturated carbocycles. The third kappa shape index (κ3) is 4.39. The highest BCUT2D eigenvalue weighted by Crippen LogP contribution is 2.28. The Labute approximate surface area is 156 Å². The highest BCUT2D eigenvalue weighted by Gasteiger charge is 2.17. The largest absolute Gasteiger partial charge is 0.496 e. The second-order valence-electron chi connectivity index (χ2n) is 6.39. The van der Waals surface area contributed by atoms with Crippen LogP contribution < -0.4 is 10.1 Å². The Balaban J connectivity index is 1.77. The second kappa shape index (κ2) is 8.12. The highest BCUT2D eigenvalue weighted by molar-refractivity contribution is 5.97. The molecule has 0 aliphatic rings. The molecule has 0 radical (unpaired) electrons. The lowest BCUT2D eigenvalue weighted by Crippen LogP contribution is -2.33. The Morgan fingerprint density at radius 3 is 2.63 bits per heavy atom. The molecule has 1 atom stereocenters. The average Bonchev–Trinajstić information content (AvgIpc) is 2.66. The summed E-state index contributed by atoms with van der Waals surface area (Å²) in [6.07, 6.45) is 1.57. The van der Waals surface area contributed by atoms with Gasteiger partial charge in [0.25, 0.3) is 5.91 Å². The first kappa shape index (κ1) is 18.8. The van der Waals surface area contributed by atoms with Gasteiger partial charge in [-0.1, -0.05) is 30.3 Å². The van der Waals surface area contributed by atoms with Gasteiger partial charge in [-0.25, -0.2) is 13.8 Å².